The van der Waals surface area contributed by atoms with Gasteiger partial charge in [0.1, 0.15) is 0 Å². The summed E-state index contributed by atoms with van der Waals surface area (Å²) >= 11 is 0. The quantitative estimate of drug-likeness (QED) is 0.874. The Balaban J connectivity index is 0.000000980. The van der Waals surface area contributed by atoms with Gasteiger partial charge in [0, 0.05) is 12.6 Å². The minimum atomic E-state index is 0. The molecule has 0 aromatic carbocycles. The van der Waals surface area contributed by atoms with Gasteiger partial charge in [-0.2, -0.15) is 0 Å². The summed E-state index contributed by atoms with van der Waals surface area (Å²) in [5.74, 6) is 0. The smallest absolute Gasteiger partial charge is 0.0950 e. The molecule has 2 rings (SSSR count). The van der Waals surface area contributed by atoms with Crippen molar-refractivity contribution in [2.75, 3.05) is 0 Å². The number of nitrogens with two attached hydrogens (primary N) is 1. The Morgan fingerprint density at radius 3 is 2.80 bits per heavy atom. The summed E-state index contributed by atoms with van der Waals surface area (Å²) in [6, 6.07) is 0.315. The summed E-state index contributed by atoms with van der Waals surface area (Å²) in [5, 5.41) is 0. The zero-order valence-corrected chi connectivity index (χ0v) is 10.4. The zero-order valence-electron chi connectivity index (χ0n) is 8.72. The Morgan fingerprint density at radius 1 is 1.53 bits per heavy atom. The molecule has 3 nitrogen and oxygen atoms in total. The molecule has 1 aliphatic rings. The highest BCUT2D eigenvalue weighted by Crippen LogP contribution is 2.26. The molecule has 0 spiro atoms. The number of hydrogen-bond donors (Lipinski definition) is 1. The number of rotatable bonds is 2. The Hall–Kier alpha value is -0.510. The van der Waals surface area contributed by atoms with E-state index in [0.717, 1.165) is 19.4 Å². The van der Waals surface area contributed by atoms with Crippen LogP contribution in [0.4, 0.5) is 0 Å². The Bertz CT molecular complexity index is 333. The number of imidazole rings is 1. The molecule has 0 saturated carbocycles. The second-order valence-corrected chi connectivity index (χ2v) is 3.49. The largest absolute Gasteiger partial charge is 0.331 e. The fourth-order valence-corrected chi connectivity index (χ4v) is 1.79. The predicted molar refractivity (Wildman–Crippen MR) is 67.6 cm³/mol. The van der Waals surface area contributed by atoms with Crippen LogP contribution in [0.25, 0.3) is 5.57 Å². The summed E-state index contributed by atoms with van der Waals surface area (Å²) in [5.41, 5.74) is 8.43. The van der Waals surface area contributed by atoms with Gasteiger partial charge >= 0.3 is 0 Å². The lowest BCUT2D eigenvalue weighted by Gasteiger charge is -2.06. The average molecular weight is 250 g/mol. The monoisotopic (exact) mass is 249 g/mol. The molecule has 0 bridgehead atoms. The maximum atomic E-state index is 5.84. The van der Waals surface area contributed by atoms with Crippen LogP contribution in [0.1, 0.15) is 25.5 Å². The minimum Gasteiger partial charge on any atom is -0.331 e. The molecule has 1 aromatic rings. The molecule has 2 N–H and O–H groups in total. The van der Waals surface area contributed by atoms with Crippen LogP contribution in [0.2, 0.25) is 0 Å². The van der Waals surface area contributed by atoms with Gasteiger partial charge in [0.2, 0.25) is 0 Å². The number of aromatic nitrogens is 2. The molecule has 1 atom stereocenters. The first kappa shape index (κ1) is 14.5. The van der Waals surface area contributed by atoms with Crippen LogP contribution in [0.15, 0.2) is 18.6 Å². The van der Waals surface area contributed by atoms with Crippen molar-refractivity contribution in [3.8, 4) is 0 Å². The molecular formula is C10H17Cl2N3. The lowest BCUT2D eigenvalue weighted by molar-refractivity contribution is 0.722. The molecule has 0 radical (unpaired) electrons. The molecular weight excluding hydrogens is 233 g/mol. The van der Waals surface area contributed by atoms with Gasteiger partial charge in [-0.15, -0.1) is 24.8 Å². The fraction of sp³-hybridized carbons (Fsp3) is 0.500. The Morgan fingerprint density at radius 2 is 2.27 bits per heavy atom. The van der Waals surface area contributed by atoms with E-state index in [1.54, 1.807) is 0 Å². The second kappa shape index (κ2) is 6.16. The van der Waals surface area contributed by atoms with Crippen molar-refractivity contribution in [2.24, 2.45) is 5.73 Å². The minimum absolute atomic E-state index is 0. The maximum Gasteiger partial charge on any atom is 0.0950 e. The van der Waals surface area contributed by atoms with Gasteiger partial charge in [0.05, 0.1) is 18.2 Å². The van der Waals surface area contributed by atoms with Crippen LogP contribution >= 0.6 is 24.8 Å². The SMILES string of the molecule is CCn1cncc1C1=CCC(N)C1.Cl.Cl. The van der Waals surface area contributed by atoms with Gasteiger partial charge in [-0.25, -0.2) is 4.98 Å². The molecule has 0 saturated heterocycles. The summed E-state index contributed by atoms with van der Waals surface area (Å²) in [6.07, 6.45) is 8.02. The first-order valence-corrected chi connectivity index (χ1v) is 4.76. The van der Waals surface area contributed by atoms with Crippen molar-refractivity contribution in [1.82, 2.24) is 9.55 Å². The van der Waals surface area contributed by atoms with Crippen molar-refractivity contribution in [2.45, 2.75) is 32.4 Å². The van der Waals surface area contributed by atoms with E-state index in [1.807, 2.05) is 12.5 Å². The highest BCUT2D eigenvalue weighted by atomic mass is 35.5. The molecule has 0 fully saturated rings. The number of halogens is 2. The van der Waals surface area contributed by atoms with Crippen LogP contribution < -0.4 is 5.73 Å². The lowest BCUT2D eigenvalue weighted by Crippen LogP contribution is -2.15. The van der Waals surface area contributed by atoms with E-state index >= 15 is 0 Å². The van der Waals surface area contributed by atoms with Crippen molar-refractivity contribution < 1.29 is 0 Å². The van der Waals surface area contributed by atoms with Crippen molar-refractivity contribution in [3.05, 3.63) is 24.3 Å². The molecule has 15 heavy (non-hydrogen) atoms. The third kappa shape index (κ3) is 2.97. The van der Waals surface area contributed by atoms with E-state index < -0.39 is 0 Å². The van der Waals surface area contributed by atoms with Gasteiger partial charge in [0.15, 0.2) is 0 Å². The first-order valence-electron chi connectivity index (χ1n) is 4.76. The van der Waals surface area contributed by atoms with E-state index in [-0.39, 0.29) is 24.8 Å². The van der Waals surface area contributed by atoms with Gasteiger partial charge in [-0.05, 0) is 25.3 Å². The molecule has 1 unspecified atom stereocenters. The van der Waals surface area contributed by atoms with Crippen molar-refractivity contribution in [3.63, 3.8) is 0 Å². The lowest BCUT2D eigenvalue weighted by atomic mass is 10.1. The number of hydrogen-bond acceptors (Lipinski definition) is 2. The summed E-state index contributed by atoms with van der Waals surface area (Å²) in [7, 11) is 0. The predicted octanol–water partition coefficient (Wildman–Crippen LogP) is 2.25. The second-order valence-electron chi connectivity index (χ2n) is 3.49. The van der Waals surface area contributed by atoms with Crippen LogP contribution in [-0.2, 0) is 6.54 Å². The molecule has 0 amide bonds. The zero-order chi connectivity index (χ0) is 9.26. The van der Waals surface area contributed by atoms with Crippen molar-refractivity contribution in [1.29, 1.82) is 0 Å². The van der Waals surface area contributed by atoms with E-state index in [1.165, 1.54) is 11.3 Å². The molecule has 86 valence electrons. The molecule has 1 heterocycles. The topological polar surface area (TPSA) is 43.8 Å². The highest BCUT2D eigenvalue weighted by Gasteiger charge is 2.16. The van der Waals surface area contributed by atoms with Gasteiger partial charge in [0.25, 0.3) is 0 Å². The third-order valence-corrected chi connectivity index (χ3v) is 2.53. The summed E-state index contributed by atoms with van der Waals surface area (Å²) < 4.78 is 2.16. The maximum absolute atomic E-state index is 5.84. The van der Waals surface area contributed by atoms with Crippen molar-refractivity contribution >= 4 is 30.4 Å². The van der Waals surface area contributed by atoms with Gasteiger partial charge < -0.3 is 10.3 Å². The van der Waals surface area contributed by atoms with Crippen LogP contribution in [0.5, 0.6) is 0 Å². The van der Waals surface area contributed by atoms with E-state index in [2.05, 4.69) is 22.6 Å². The molecule has 1 aliphatic carbocycles. The van der Waals surface area contributed by atoms with E-state index in [4.69, 9.17) is 5.73 Å². The first-order chi connectivity index (χ1) is 6.31. The number of nitrogens with zero attached hydrogens (tertiary/aromatic N) is 2. The van der Waals surface area contributed by atoms with Crippen LogP contribution in [0.3, 0.4) is 0 Å². The standard InChI is InChI=1S/C10H15N3.2ClH/c1-2-13-7-12-6-10(13)8-3-4-9(11)5-8;;/h3,6-7,9H,2,4-5,11H2,1H3;2*1H. The molecule has 1 aromatic heterocycles. The molecule has 0 aliphatic heterocycles. The normalized spacial score (nSPS) is 19.1. The summed E-state index contributed by atoms with van der Waals surface area (Å²) in [6.45, 7) is 3.10. The third-order valence-electron chi connectivity index (χ3n) is 2.53. The number of aryl methyl sites for hydroxylation is 1. The highest BCUT2D eigenvalue weighted by molar-refractivity contribution is 5.85. The van der Waals surface area contributed by atoms with E-state index in [0.29, 0.717) is 6.04 Å². The van der Waals surface area contributed by atoms with Gasteiger partial charge in [-0.3, -0.25) is 0 Å². The Labute approximate surface area is 103 Å². The van der Waals surface area contributed by atoms with Crippen LogP contribution in [0, 0.1) is 0 Å². The molecule has 5 heteroatoms. The summed E-state index contributed by atoms with van der Waals surface area (Å²) in [4.78, 5) is 4.14. The Kier molecular flexibility index (Phi) is 5.95. The van der Waals surface area contributed by atoms with Crippen LogP contribution in [-0.4, -0.2) is 15.6 Å². The average Bonchev–Trinajstić information content (AvgIpc) is 2.71. The van der Waals surface area contributed by atoms with Gasteiger partial charge in [-0.1, -0.05) is 6.08 Å². The van der Waals surface area contributed by atoms with E-state index in [9.17, 15) is 0 Å². The fourth-order valence-electron chi connectivity index (χ4n) is 1.79.